The summed E-state index contributed by atoms with van der Waals surface area (Å²) in [6.07, 6.45) is 16.1. The molecule has 0 fully saturated rings. The van der Waals surface area contributed by atoms with Gasteiger partial charge in [0.2, 0.25) is 0 Å². The number of esters is 1. The molecule has 0 aliphatic rings. The molecule has 0 radical (unpaired) electrons. The van der Waals surface area contributed by atoms with Gasteiger partial charge in [-0.2, -0.15) is 13.2 Å². The lowest BCUT2D eigenvalue weighted by Gasteiger charge is -2.21. The van der Waals surface area contributed by atoms with Crippen molar-refractivity contribution in [3.63, 3.8) is 0 Å². The molecule has 0 saturated carbocycles. The van der Waals surface area contributed by atoms with Crippen molar-refractivity contribution in [1.82, 2.24) is 9.97 Å². The van der Waals surface area contributed by atoms with Gasteiger partial charge in [0.1, 0.15) is 0 Å². The van der Waals surface area contributed by atoms with Gasteiger partial charge in [-0.15, -0.1) is 0 Å². The number of carbonyl (C=O) groups excluding carboxylic acids is 1. The first-order valence-corrected chi connectivity index (χ1v) is 19.3. The molecule has 10 heteroatoms. The lowest BCUT2D eigenvalue weighted by Crippen LogP contribution is -2.33. The molecule has 52 heavy (non-hydrogen) atoms. The zero-order valence-corrected chi connectivity index (χ0v) is 31.0. The molecule has 286 valence electrons. The van der Waals surface area contributed by atoms with Crippen LogP contribution in [0.25, 0.3) is 22.5 Å². The third-order valence-corrected chi connectivity index (χ3v) is 9.27. The molecular weight excluding hydrogens is 669 g/mol. The van der Waals surface area contributed by atoms with Gasteiger partial charge >= 0.3 is 18.1 Å². The summed E-state index contributed by atoms with van der Waals surface area (Å²) in [7, 11) is 0. The highest BCUT2D eigenvalue weighted by Crippen LogP contribution is 2.31. The van der Waals surface area contributed by atoms with E-state index in [1.165, 1.54) is 94.5 Å². The van der Waals surface area contributed by atoms with Crippen molar-refractivity contribution in [3.8, 4) is 28.3 Å². The number of carboxylic acid groups (broad SMARTS) is 1. The Hall–Kier alpha value is -3.95. The Labute approximate surface area is 307 Å². The van der Waals surface area contributed by atoms with Crippen LogP contribution in [0.5, 0.6) is 5.75 Å². The van der Waals surface area contributed by atoms with Crippen LogP contribution < -0.4 is 4.74 Å². The second-order valence-electron chi connectivity index (χ2n) is 13.6. The van der Waals surface area contributed by atoms with Gasteiger partial charge in [-0.3, -0.25) is 0 Å². The molecule has 0 aliphatic heterocycles. The number of carboxylic acids is 1. The molecule has 1 aromatic heterocycles. The van der Waals surface area contributed by atoms with Crippen LogP contribution in [-0.4, -0.2) is 45.9 Å². The second-order valence-corrected chi connectivity index (χ2v) is 13.6. The summed E-state index contributed by atoms with van der Waals surface area (Å²) >= 11 is 0. The molecule has 1 N–H and O–H groups in total. The maximum Gasteiger partial charge on any atom is 0.425 e. The van der Waals surface area contributed by atoms with Crippen molar-refractivity contribution in [1.29, 1.82) is 0 Å². The fourth-order valence-corrected chi connectivity index (χ4v) is 6.16. The summed E-state index contributed by atoms with van der Waals surface area (Å²) in [5.74, 6) is -1.31. The van der Waals surface area contributed by atoms with E-state index in [2.05, 4.69) is 23.8 Å². The number of alkyl halides is 3. The highest BCUT2D eigenvalue weighted by molar-refractivity contribution is 5.97. The van der Waals surface area contributed by atoms with Gasteiger partial charge in [-0.1, -0.05) is 135 Å². The van der Waals surface area contributed by atoms with Crippen LogP contribution in [-0.2, 0) is 4.74 Å². The Bertz CT molecular complexity index is 1460. The zero-order chi connectivity index (χ0) is 37.6. The summed E-state index contributed by atoms with van der Waals surface area (Å²) < 4.78 is 51.7. The van der Waals surface area contributed by atoms with E-state index in [0.717, 1.165) is 38.5 Å². The number of hydrogen-bond donors (Lipinski definition) is 1. The molecule has 0 saturated heterocycles. The minimum atomic E-state index is -4.67. The van der Waals surface area contributed by atoms with Crippen LogP contribution in [0.4, 0.5) is 13.2 Å². The predicted molar refractivity (Wildman–Crippen MR) is 200 cm³/mol. The number of unbranched alkanes of at least 4 members (excludes halogenated alkanes) is 16. The van der Waals surface area contributed by atoms with E-state index in [1.807, 2.05) is 0 Å². The fourth-order valence-electron chi connectivity index (χ4n) is 6.16. The number of hydrogen-bond acceptors (Lipinski definition) is 6. The summed E-state index contributed by atoms with van der Waals surface area (Å²) in [6, 6.07) is 10.4. The Kier molecular flexibility index (Phi) is 19.3. The molecule has 1 heterocycles. The largest absolute Gasteiger partial charge is 0.490 e. The van der Waals surface area contributed by atoms with E-state index in [-0.39, 0.29) is 17.5 Å². The number of aromatic carboxylic acids is 1. The maximum absolute atomic E-state index is 13.6. The third-order valence-electron chi connectivity index (χ3n) is 9.27. The van der Waals surface area contributed by atoms with Crippen molar-refractivity contribution in [3.05, 3.63) is 66.0 Å². The number of carbonyl (C=O) groups is 2. The van der Waals surface area contributed by atoms with Crippen LogP contribution in [0.3, 0.4) is 0 Å². The molecule has 0 aliphatic carbocycles. The average molecular weight is 727 g/mol. The summed E-state index contributed by atoms with van der Waals surface area (Å²) in [5.41, 5.74) is 1.32. The summed E-state index contributed by atoms with van der Waals surface area (Å²) in [4.78, 5) is 33.6. The summed E-state index contributed by atoms with van der Waals surface area (Å²) in [5, 5.41) is 9.86. The van der Waals surface area contributed by atoms with E-state index < -0.39 is 24.2 Å². The number of aromatic nitrogens is 2. The minimum Gasteiger partial charge on any atom is -0.490 e. The van der Waals surface area contributed by atoms with Gasteiger partial charge in [0.15, 0.2) is 17.7 Å². The van der Waals surface area contributed by atoms with Gasteiger partial charge in [-0.05, 0) is 54.7 Å². The van der Waals surface area contributed by atoms with Gasteiger partial charge in [0.05, 0.1) is 30.1 Å². The van der Waals surface area contributed by atoms with Crippen LogP contribution in [0.15, 0.2) is 54.9 Å². The molecule has 3 rings (SSSR count). The number of halogens is 3. The summed E-state index contributed by atoms with van der Waals surface area (Å²) in [6.45, 7) is 4.89. The maximum atomic E-state index is 13.6. The van der Waals surface area contributed by atoms with E-state index >= 15 is 0 Å². The fraction of sp³-hybridized carbons (Fsp3) is 0.571. The minimum absolute atomic E-state index is 0.0116. The first-order valence-electron chi connectivity index (χ1n) is 19.3. The van der Waals surface area contributed by atoms with Gasteiger partial charge in [-0.25, -0.2) is 19.6 Å². The van der Waals surface area contributed by atoms with Gasteiger partial charge < -0.3 is 14.6 Å². The Morgan fingerprint density at radius 2 is 1.19 bits per heavy atom. The van der Waals surface area contributed by atoms with E-state index in [1.54, 1.807) is 24.5 Å². The van der Waals surface area contributed by atoms with Crippen LogP contribution >= 0.6 is 0 Å². The SMILES string of the molecule is CCCCCCCCCCCCCCOc1cnc(-c2ccc(C(=O)O)c(-c3ccc(C(=O)OC(CCCCCCCC)C(F)(F)F)cc3)c2)nc1. The molecule has 0 amide bonds. The van der Waals surface area contributed by atoms with E-state index in [0.29, 0.717) is 47.7 Å². The highest BCUT2D eigenvalue weighted by atomic mass is 19.4. The van der Waals surface area contributed by atoms with Crippen LogP contribution in [0, 0.1) is 0 Å². The Morgan fingerprint density at radius 1 is 0.692 bits per heavy atom. The molecule has 7 nitrogen and oxygen atoms in total. The Balaban J connectivity index is 1.53. The number of benzene rings is 2. The molecule has 0 spiro atoms. The van der Waals surface area contributed by atoms with Gasteiger partial charge in [0.25, 0.3) is 0 Å². The first kappa shape index (κ1) is 42.5. The van der Waals surface area contributed by atoms with Crippen molar-refractivity contribution in [2.45, 2.75) is 148 Å². The van der Waals surface area contributed by atoms with E-state index in [4.69, 9.17) is 9.47 Å². The number of nitrogens with zero attached hydrogens (tertiary/aromatic N) is 2. The first-order chi connectivity index (χ1) is 25.1. The molecule has 3 aromatic rings. The second kappa shape index (κ2) is 23.6. The predicted octanol–water partition coefficient (Wildman–Crippen LogP) is 12.4. The van der Waals surface area contributed by atoms with Crippen molar-refractivity contribution in [2.75, 3.05) is 6.61 Å². The van der Waals surface area contributed by atoms with E-state index in [9.17, 15) is 27.9 Å². The van der Waals surface area contributed by atoms with Crippen molar-refractivity contribution in [2.24, 2.45) is 0 Å². The number of ether oxygens (including phenoxy) is 2. The molecule has 1 atom stereocenters. The monoisotopic (exact) mass is 726 g/mol. The molecular formula is C42H57F3N2O5. The molecule has 1 unspecified atom stereocenters. The molecule has 2 aromatic carbocycles. The van der Waals surface area contributed by atoms with Crippen LogP contribution in [0.2, 0.25) is 0 Å². The van der Waals surface area contributed by atoms with Crippen LogP contribution in [0.1, 0.15) is 157 Å². The standard InChI is InChI=1S/C42H57F3N2O5/c1-3-5-7-9-11-12-13-14-15-16-18-20-28-51-35-30-46-39(47-31-35)34-26-27-36(40(48)49)37(29-34)32-22-24-33(25-23-32)41(50)52-38(42(43,44)45)21-19-17-10-8-6-4-2/h22-27,29-31,38H,3-21,28H2,1-2H3,(H,48,49). The quantitative estimate of drug-likeness (QED) is 0.0649. The van der Waals surface area contributed by atoms with Gasteiger partial charge in [0, 0.05) is 5.56 Å². The molecule has 0 bridgehead atoms. The topological polar surface area (TPSA) is 98.6 Å². The third kappa shape index (κ3) is 15.3. The van der Waals surface area contributed by atoms with Crippen molar-refractivity contribution >= 4 is 11.9 Å². The number of rotatable bonds is 26. The highest BCUT2D eigenvalue weighted by Gasteiger charge is 2.42. The lowest BCUT2D eigenvalue weighted by molar-refractivity contribution is -0.206. The smallest absolute Gasteiger partial charge is 0.425 e. The average Bonchev–Trinajstić information content (AvgIpc) is 3.14. The Morgan fingerprint density at radius 3 is 1.71 bits per heavy atom. The zero-order valence-electron chi connectivity index (χ0n) is 31.0. The lowest BCUT2D eigenvalue weighted by atomic mass is 9.96. The normalized spacial score (nSPS) is 12.1. The van der Waals surface area contributed by atoms with Crippen molar-refractivity contribution < 1.29 is 37.3 Å².